The SMILES string of the molecule is Nc1nc(-c2ccc(C(F)(F)F)cc2)cn2c1nc1ccccc12. The summed E-state index contributed by atoms with van der Waals surface area (Å²) in [6, 6.07) is 12.3. The smallest absolute Gasteiger partial charge is 0.381 e. The van der Waals surface area contributed by atoms with Crippen molar-refractivity contribution < 1.29 is 13.2 Å². The number of benzene rings is 2. The maximum Gasteiger partial charge on any atom is 0.416 e. The van der Waals surface area contributed by atoms with E-state index >= 15 is 0 Å². The van der Waals surface area contributed by atoms with Crippen LogP contribution in [-0.2, 0) is 6.18 Å². The van der Waals surface area contributed by atoms with Crippen LogP contribution in [0.3, 0.4) is 0 Å². The van der Waals surface area contributed by atoms with Crippen LogP contribution in [-0.4, -0.2) is 14.4 Å². The number of rotatable bonds is 1. The second kappa shape index (κ2) is 4.95. The maximum atomic E-state index is 12.7. The summed E-state index contributed by atoms with van der Waals surface area (Å²) in [7, 11) is 0. The van der Waals surface area contributed by atoms with Crippen molar-refractivity contribution in [3.05, 3.63) is 60.3 Å². The molecule has 0 aliphatic heterocycles. The Morgan fingerprint density at radius 1 is 0.917 bits per heavy atom. The van der Waals surface area contributed by atoms with Gasteiger partial charge in [-0.15, -0.1) is 0 Å². The molecule has 0 radical (unpaired) electrons. The number of nitrogens with two attached hydrogens (primary N) is 1. The molecule has 0 spiro atoms. The quantitative estimate of drug-likeness (QED) is 0.571. The van der Waals surface area contributed by atoms with E-state index in [4.69, 9.17) is 5.73 Å². The van der Waals surface area contributed by atoms with Crippen LogP contribution < -0.4 is 5.73 Å². The Morgan fingerprint density at radius 2 is 1.62 bits per heavy atom. The second-order valence-corrected chi connectivity index (χ2v) is 5.38. The highest BCUT2D eigenvalue weighted by molar-refractivity contribution is 5.84. The summed E-state index contributed by atoms with van der Waals surface area (Å²) in [5.74, 6) is 0.226. The lowest BCUT2D eigenvalue weighted by molar-refractivity contribution is -0.137. The lowest BCUT2D eigenvalue weighted by Gasteiger charge is -2.08. The van der Waals surface area contributed by atoms with E-state index in [9.17, 15) is 13.2 Å². The van der Waals surface area contributed by atoms with Crippen LogP contribution in [0.1, 0.15) is 5.56 Å². The van der Waals surface area contributed by atoms with Gasteiger partial charge in [0.25, 0.3) is 0 Å². The highest BCUT2D eigenvalue weighted by Crippen LogP contribution is 2.31. The molecule has 0 saturated heterocycles. The highest BCUT2D eigenvalue weighted by atomic mass is 19.4. The van der Waals surface area contributed by atoms with E-state index in [0.717, 1.165) is 23.2 Å². The van der Waals surface area contributed by atoms with Crippen molar-refractivity contribution in [1.82, 2.24) is 14.4 Å². The summed E-state index contributed by atoms with van der Waals surface area (Å²) in [5, 5.41) is 0. The third-order valence-electron chi connectivity index (χ3n) is 3.83. The largest absolute Gasteiger partial charge is 0.416 e. The molecule has 2 aromatic carbocycles. The standard InChI is InChI=1S/C17H11F3N4/c18-17(19,20)11-7-5-10(6-8-11)13-9-24-14-4-2-1-3-12(14)23-16(24)15(21)22-13/h1-9H,(H2,21,22). The molecular formula is C17H11F3N4. The van der Waals surface area contributed by atoms with Crippen LogP contribution in [0.15, 0.2) is 54.7 Å². The molecule has 4 rings (SSSR count). The Kier molecular flexibility index (Phi) is 2.99. The van der Waals surface area contributed by atoms with E-state index in [2.05, 4.69) is 9.97 Å². The molecule has 24 heavy (non-hydrogen) atoms. The first-order chi connectivity index (χ1) is 11.4. The lowest BCUT2D eigenvalue weighted by Crippen LogP contribution is -2.04. The molecule has 0 aliphatic rings. The van der Waals surface area contributed by atoms with E-state index in [0.29, 0.717) is 16.9 Å². The number of anilines is 1. The number of fused-ring (bicyclic) bond motifs is 3. The van der Waals surface area contributed by atoms with E-state index < -0.39 is 11.7 Å². The van der Waals surface area contributed by atoms with Crippen molar-refractivity contribution in [2.24, 2.45) is 0 Å². The van der Waals surface area contributed by atoms with E-state index in [1.165, 1.54) is 12.1 Å². The Morgan fingerprint density at radius 3 is 2.33 bits per heavy atom. The van der Waals surface area contributed by atoms with Gasteiger partial charge in [-0.25, -0.2) is 9.97 Å². The number of nitrogen functional groups attached to an aromatic ring is 1. The molecule has 2 heterocycles. The topological polar surface area (TPSA) is 56.2 Å². The van der Waals surface area contributed by atoms with Crippen molar-refractivity contribution in [3.63, 3.8) is 0 Å². The van der Waals surface area contributed by atoms with E-state index in [-0.39, 0.29) is 5.82 Å². The van der Waals surface area contributed by atoms with Gasteiger partial charge in [0.1, 0.15) is 0 Å². The van der Waals surface area contributed by atoms with Crippen molar-refractivity contribution in [2.45, 2.75) is 6.18 Å². The van der Waals surface area contributed by atoms with E-state index in [1.54, 1.807) is 10.6 Å². The molecule has 4 aromatic rings. The van der Waals surface area contributed by atoms with Crippen LogP contribution >= 0.6 is 0 Å². The molecule has 0 amide bonds. The fourth-order valence-electron chi connectivity index (χ4n) is 2.66. The predicted molar refractivity (Wildman–Crippen MR) is 85.3 cm³/mol. The summed E-state index contributed by atoms with van der Waals surface area (Å²) < 4.78 is 39.8. The third kappa shape index (κ3) is 2.25. The summed E-state index contributed by atoms with van der Waals surface area (Å²) in [5.41, 5.74) is 8.47. The lowest BCUT2D eigenvalue weighted by atomic mass is 10.1. The molecule has 0 saturated carbocycles. The first-order valence-electron chi connectivity index (χ1n) is 7.14. The highest BCUT2D eigenvalue weighted by Gasteiger charge is 2.30. The van der Waals surface area contributed by atoms with Gasteiger partial charge in [0.2, 0.25) is 0 Å². The van der Waals surface area contributed by atoms with Crippen LogP contribution in [0, 0.1) is 0 Å². The van der Waals surface area contributed by atoms with Crippen LogP contribution in [0.4, 0.5) is 19.0 Å². The molecule has 0 fully saturated rings. The summed E-state index contributed by atoms with van der Waals surface area (Å²) in [6.07, 6.45) is -2.64. The van der Waals surface area contributed by atoms with Gasteiger partial charge in [-0.05, 0) is 24.3 Å². The van der Waals surface area contributed by atoms with Gasteiger partial charge in [0.05, 0.1) is 22.3 Å². The fraction of sp³-hybridized carbons (Fsp3) is 0.0588. The first-order valence-corrected chi connectivity index (χ1v) is 7.14. The van der Waals surface area contributed by atoms with Crippen molar-refractivity contribution in [1.29, 1.82) is 0 Å². The van der Waals surface area contributed by atoms with Crippen LogP contribution in [0.5, 0.6) is 0 Å². The summed E-state index contributed by atoms with van der Waals surface area (Å²) >= 11 is 0. The Hall–Kier alpha value is -3.09. The minimum absolute atomic E-state index is 0.226. The number of alkyl halides is 3. The maximum absolute atomic E-state index is 12.7. The zero-order valence-electron chi connectivity index (χ0n) is 12.2. The normalized spacial score (nSPS) is 12.1. The van der Waals surface area contributed by atoms with Gasteiger partial charge in [-0.1, -0.05) is 24.3 Å². The zero-order chi connectivity index (χ0) is 16.9. The van der Waals surface area contributed by atoms with Crippen LogP contribution in [0.2, 0.25) is 0 Å². The molecule has 0 aliphatic carbocycles. The molecular weight excluding hydrogens is 317 g/mol. The van der Waals surface area contributed by atoms with Crippen molar-refractivity contribution in [2.75, 3.05) is 5.73 Å². The van der Waals surface area contributed by atoms with Crippen molar-refractivity contribution in [3.8, 4) is 11.3 Å². The van der Waals surface area contributed by atoms with Gasteiger partial charge < -0.3 is 5.73 Å². The number of para-hydroxylation sites is 2. The average molecular weight is 328 g/mol. The monoisotopic (exact) mass is 328 g/mol. The van der Waals surface area contributed by atoms with Gasteiger partial charge in [0.15, 0.2) is 11.5 Å². The number of hydrogen-bond donors (Lipinski definition) is 1. The first kappa shape index (κ1) is 14.5. The second-order valence-electron chi connectivity index (χ2n) is 5.38. The van der Waals surface area contributed by atoms with Crippen molar-refractivity contribution >= 4 is 22.5 Å². The zero-order valence-corrected chi connectivity index (χ0v) is 12.2. The fourth-order valence-corrected chi connectivity index (χ4v) is 2.66. The molecule has 2 aromatic heterocycles. The molecule has 4 nitrogen and oxygen atoms in total. The number of aromatic nitrogens is 3. The molecule has 120 valence electrons. The average Bonchev–Trinajstić information content (AvgIpc) is 2.94. The van der Waals surface area contributed by atoms with Gasteiger partial charge in [-0.3, -0.25) is 4.40 Å². The van der Waals surface area contributed by atoms with Gasteiger partial charge in [0, 0.05) is 11.8 Å². The number of hydrogen-bond acceptors (Lipinski definition) is 3. The summed E-state index contributed by atoms with van der Waals surface area (Å²) in [6.45, 7) is 0. The molecule has 7 heteroatoms. The Balaban J connectivity index is 1.89. The summed E-state index contributed by atoms with van der Waals surface area (Å²) in [4.78, 5) is 8.69. The van der Waals surface area contributed by atoms with Gasteiger partial charge >= 0.3 is 6.18 Å². The number of imidazole rings is 1. The minimum atomic E-state index is -4.37. The van der Waals surface area contributed by atoms with Crippen LogP contribution in [0.25, 0.3) is 27.9 Å². The third-order valence-corrected chi connectivity index (χ3v) is 3.83. The molecule has 0 bridgehead atoms. The number of nitrogens with zero attached hydrogens (tertiary/aromatic N) is 3. The Bertz CT molecular complexity index is 1050. The molecule has 0 unspecified atom stereocenters. The number of halogens is 3. The minimum Gasteiger partial charge on any atom is -0.381 e. The van der Waals surface area contributed by atoms with E-state index in [1.807, 2.05) is 24.3 Å². The molecule has 2 N–H and O–H groups in total. The predicted octanol–water partition coefficient (Wildman–Crippen LogP) is 4.15. The molecule has 0 atom stereocenters. The van der Waals surface area contributed by atoms with Gasteiger partial charge in [-0.2, -0.15) is 13.2 Å². The Labute approximate surface area is 134 Å².